The molecule has 0 aliphatic heterocycles. The summed E-state index contributed by atoms with van der Waals surface area (Å²) in [6, 6.07) is 2.52. The molecule has 0 radical (unpaired) electrons. The van der Waals surface area contributed by atoms with Crippen molar-refractivity contribution in [2.45, 2.75) is 45.4 Å². The Balaban J connectivity index is 0.000000528. The minimum absolute atomic E-state index is 0.258. The highest BCUT2D eigenvalue weighted by atomic mass is 15.1. The molecule has 1 spiro atoms. The fraction of sp³-hybridized carbons (Fsp3) is 0.533. The number of nitriles is 1. The van der Waals surface area contributed by atoms with Crippen LogP contribution in [-0.4, -0.2) is 14.4 Å². The first-order valence-corrected chi connectivity index (χ1v) is 6.92. The third-order valence-electron chi connectivity index (χ3n) is 4.35. The van der Waals surface area contributed by atoms with E-state index in [0.29, 0.717) is 11.2 Å². The first-order chi connectivity index (χ1) is 9.19. The number of aryl methyl sites for hydroxylation is 1. The summed E-state index contributed by atoms with van der Waals surface area (Å²) in [5, 5.41) is 9.46. The molecule has 0 bridgehead atoms. The van der Waals surface area contributed by atoms with Crippen molar-refractivity contribution in [2.24, 2.45) is 5.41 Å². The van der Waals surface area contributed by atoms with Crippen LogP contribution in [0.5, 0.6) is 0 Å². The zero-order chi connectivity index (χ0) is 13.7. The zero-order valence-corrected chi connectivity index (χ0v) is 11.6. The third kappa shape index (κ3) is 1.51. The summed E-state index contributed by atoms with van der Waals surface area (Å²) in [4.78, 5) is 8.65. The lowest BCUT2D eigenvalue weighted by molar-refractivity contribution is 0.728. The molecule has 2 aromatic heterocycles. The summed E-state index contributed by atoms with van der Waals surface area (Å²) in [5.41, 5.74) is 2.05. The molecule has 4 heteroatoms. The third-order valence-corrected chi connectivity index (χ3v) is 4.35. The number of aromatic nitrogens is 3. The average molecular weight is 254 g/mol. The predicted octanol–water partition coefficient (Wildman–Crippen LogP) is 3.01. The van der Waals surface area contributed by atoms with Gasteiger partial charge in [0.2, 0.25) is 5.78 Å². The van der Waals surface area contributed by atoms with E-state index in [1.807, 2.05) is 43.8 Å². The number of nitrogens with zero attached hydrogens (tertiary/aromatic N) is 4. The molecular weight excluding hydrogens is 236 g/mol. The van der Waals surface area contributed by atoms with Crippen LogP contribution in [0.25, 0.3) is 5.78 Å². The largest absolute Gasteiger partial charge is 0.291 e. The normalized spacial score (nSPS) is 25.6. The summed E-state index contributed by atoms with van der Waals surface area (Å²) in [5.74, 6) is 0.713. The molecule has 2 saturated carbocycles. The number of hydrogen-bond donors (Lipinski definition) is 0. The van der Waals surface area contributed by atoms with Crippen molar-refractivity contribution in [2.75, 3.05) is 0 Å². The molecule has 2 heterocycles. The van der Waals surface area contributed by atoms with Crippen LogP contribution in [0.3, 0.4) is 0 Å². The highest BCUT2D eigenvalue weighted by Gasteiger charge is 2.75. The molecule has 1 unspecified atom stereocenters. The second-order valence-electron chi connectivity index (χ2n) is 5.41. The van der Waals surface area contributed by atoms with E-state index in [1.165, 1.54) is 12.8 Å². The van der Waals surface area contributed by atoms with E-state index >= 15 is 0 Å². The van der Waals surface area contributed by atoms with Crippen molar-refractivity contribution in [1.82, 2.24) is 14.4 Å². The fourth-order valence-corrected chi connectivity index (χ4v) is 3.07. The van der Waals surface area contributed by atoms with Crippen molar-refractivity contribution < 1.29 is 0 Å². The molecule has 0 saturated heterocycles. The van der Waals surface area contributed by atoms with Gasteiger partial charge < -0.3 is 0 Å². The Hall–Kier alpha value is -1.89. The van der Waals surface area contributed by atoms with E-state index in [-0.39, 0.29) is 5.41 Å². The lowest BCUT2D eigenvalue weighted by atomic mass is 9.97. The molecular formula is C15H18N4. The molecule has 98 valence electrons. The molecule has 0 amide bonds. The van der Waals surface area contributed by atoms with Crippen LogP contribution in [0.15, 0.2) is 18.6 Å². The van der Waals surface area contributed by atoms with Crippen LogP contribution in [0.1, 0.15) is 44.4 Å². The minimum atomic E-state index is -0.258. The van der Waals surface area contributed by atoms with Gasteiger partial charge in [0.05, 0.1) is 17.2 Å². The molecule has 2 aliphatic carbocycles. The second-order valence-corrected chi connectivity index (χ2v) is 5.41. The van der Waals surface area contributed by atoms with Gasteiger partial charge in [-0.05, 0) is 31.6 Å². The second kappa shape index (κ2) is 3.80. The van der Waals surface area contributed by atoms with Crippen molar-refractivity contribution >= 4 is 5.78 Å². The average Bonchev–Trinajstić information content (AvgIpc) is 3.31. The van der Waals surface area contributed by atoms with Gasteiger partial charge in [-0.25, -0.2) is 9.97 Å². The summed E-state index contributed by atoms with van der Waals surface area (Å²) in [7, 11) is 0. The van der Waals surface area contributed by atoms with E-state index in [1.54, 1.807) is 0 Å². The quantitative estimate of drug-likeness (QED) is 0.786. The maximum absolute atomic E-state index is 9.46. The summed E-state index contributed by atoms with van der Waals surface area (Å²) >= 11 is 0. The number of hydrogen-bond acceptors (Lipinski definition) is 3. The first kappa shape index (κ1) is 12.2. The van der Waals surface area contributed by atoms with Gasteiger partial charge in [-0.15, -0.1) is 0 Å². The monoisotopic (exact) mass is 254 g/mol. The molecule has 2 aromatic rings. The van der Waals surface area contributed by atoms with Crippen molar-refractivity contribution in [1.29, 1.82) is 5.26 Å². The lowest BCUT2D eigenvalue weighted by Gasteiger charge is -2.07. The standard InChI is InChI=1S/C13H12N4.C2H6/c1-9-5-17-6-10(4-15-11(17)16-9)13(8-14)7-12(13)2-3-12;1-2/h4-6H,2-3,7H2,1H3;1-2H3. The van der Waals surface area contributed by atoms with E-state index in [4.69, 9.17) is 0 Å². The van der Waals surface area contributed by atoms with Crippen molar-refractivity contribution in [3.8, 4) is 6.07 Å². The van der Waals surface area contributed by atoms with Gasteiger partial charge in [-0.3, -0.25) is 4.40 Å². The van der Waals surface area contributed by atoms with Gasteiger partial charge in [-0.1, -0.05) is 13.8 Å². The molecule has 1 atom stereocenters. The fourth-order valence-electron chi connectivity index (χ4n) is 3.07. The van der Waals surface area contributed by atoms with Gasteiger partial charge in [0.15, 0.2) is 0 Å². The maximum Gasteiger partial charge on any atom is 0.233 e. The van der Waals surface area contributed by atoms with Gasteiger partial charge in [-0.2, -0.15) is 5.26 Å². The van der Waals surface area contributed by atoms with E-state index in [0.717, 1.165) is 17.7 Å². The van der Waals surface area contributed by atoms with E-state index in [9.17, 15) is 5.26 Å². The van der Waals surface area contributed by atoms with Crippen molar-refractivity contribution in [3.05, 3.63) is 29.8 Å². The SMILES string of the molecule is CC.Cc1cn2cc(C3(C#N)CC34CC4)cnc2n1. The van der Waals surface area contributed by atoms with Crippen LogP contribution in [0.4, 0.5) is 0 Å². The molecule has 2 fully saturated rings. The maximum atomic E-state index is 9.46. The molecule has 4 nitrogen and oxygen atoms in total. The zero-order valence-electron chi connectivity index (χ0n) is 11.6. The summed E-state index contributed by atoms with van der Waals surface area (Å²) in [6.45, 7) is 5.95. The topological polar surface area (TPSA) is 54.0 Å². The Kier molecular flexibility index (Phi) is 2.43. The Morgan fingerprint density at radius 2 is 2.05 bits per heavy atom. The molecule has 2 aliphatic rings. The van der Waals surface area contributed by atoms with Gasteiger partial charge in [0.25, 0.3) is 0 Å². The van der Waals surface area contributed by atoms with Gasteiger partial charge in [0.1, 0.15) is 0 Å². The Morgan fingerprint density at radius 1 is 1.32 bits per heavy atom. The number of imidazole rings is 1. The lowest BCUT2D eigenvalue weighted by Crippen LogP contribution is -2.09. The van der Waals surface area contributed by atoms with Crippen LogP contribution in [0, 0.1) is 23.7 Å². The van der Waals surface area contributed by atoms with E-state index in [2.05, 4.69) is 16.0 Å². The summed E-state index contributed by atoms with van der Waals surface area (Å²) in [6.07, 6.45) is 9.22. The Bertz CT molecular complexity index is 675. The first-order valence-electron chi connectivity index (χ1n) is 6.92. The molecule has 0 aromatic carbocycles. The summed E-state index contributed by atoms with van der Waals surface area (Å²) < 4.78 is 1.93. The van der Waals surface area contributed by atoms with E-state index < -0.39 is 0 Å². The highest BCUT2D eigenvalue weighted by Crippen LogP contribution is 2.78. The molecule has 19 heavy (non-hydrogen) atoms. The highest BCUT2D eigenvalue weighted by molar-refractivity contribution is 5.49. The number of rotatable bonds is 1. The number of fused-ring (bicyclic) bond motifs is 1. The Morgan fingerprint density at radius 3 is 2.63 bits per heavy atom. The van der Waals surface area contributed by atoms with Crippen LogP contribution >= 0.6 is 0 Å². The van der Waals surface area contributed by atoms with Crippen LogP contribution in [-0.2, 0) is 5.41 Å². The van der Waals surface area contributed by atoms with Gasteiger partial charge in [0, 0.05) is 24.2 Å². The smallest absolute Gasteiger partial charge is 0.233 e. The van der Waals surface area contributed by atoms with Gasteiger partial charge >= 0.3 is 0 Å². The molecule has 4 rings (SSSR count). The van der Waals surface area contributed by atoms with Crippen molar-refractivity contribution in [3.63, 3.8) is 0 Å². The van der Waals surface area contributed by atoms with Crippen LogP contribution in [0.2, 0.25) is 0 Å². The predicted molar refractivity (Wildman–Crippen MR) is 72.6 cm³/mol. The molecule has 0 N–H and O–H groups in total. The minimum Gasteiger partial charge on any atom is -0.291 e. The Labute approximate surface area is 113 Å². The van der Waals surface area contributed by atoms with Crippen LogP contribution < -0.4 is 0 Å².